The minimum absolute atomic E-state index is 0.118. The molecule has 0 bridgehead atoms. The van der Waals surface area contributed by atoms with Gasteiger partial charge < -0.3 is 14.6 Å². The van der Waals surface area contributed by atoms with E-state index in [1.165, 1.54) is 28.5 Å². The van der Waals surface area contributed by atoms with E-state index in [4.69, 9.17) is 14.6 Å². The second kappa shape index (κ2) is 10.8. The standard InChI is InChI=1S/C31H34O6S/c1-20-15-26(36-13-4-14-38(2,34)35)17-24-6-3-5-22-8-7-21(16-28(22)30(20)24)19-37-25-11-9-23(10-12-25)27-18-29(27)31(32)33/h7-12,15-17,27,29H,3-6,13-14,18-19H2,1-2H3,(H,32,33)/t27-,29+/m1/s1. The first-order chi connectivity index (χ1) is 18.2. The van der Waals surface area contributed by atoms with Gasteiger partial charge in [-0.25, -0.2) is 8.42 Å². The van der Waals surface area contributed by atoms with E-state index < -0.39 is 15.8 Å². The van der Waals surface area contributed by atoms with E-state index in [-0.39, 0.29) is 17.6 Å². The number of ether oxygens (including phenoxy) is 2. The van der Waals surface area contributed by atoms with Gasteiger partial charge in [0.2, 0.25) is 0 Å². The topological polar surface area (TPSA) is 89.9 Å². The fourth-order valence-corrected chi connectivity index (χ4v) is 6.09. The summed E-state index contributed by atoms with van der Waals surface area (Å²) < 4.78 is 34.8. The first kappa shape index (κ1) is 26.3. The number of hydrogen-bond donors (Lipinski definition) is 1. The van der Waals surface area contributed by atoms with Crippen LogP contribution in [0.15, 0.2) is 54.6 Å². The highest BCUT2D eigenvalue weighted by molar-refractivity contribution is 7.90. The van der Waals surface area contributed by atoms with Gasteiger partial charge >= 0.3 is 5.97 Å². The minimum atomic E-state index is -2.98. The van der Waals surface area contributed by atoms with Gasteiger partial charge in [-0.1, -0.05) is 24.3 Å². The second-order valence-electron chi connectivity index (χ2n) is 10.6. The molecule has 0 radical (unpaired) electrons. The van der Waals surface area contributed by atoms with Gasteiger partial charge in [0.15, 0.2) is 0 Å². The predicted octanol–water partition coefficient (Wildman–Crippen LogP) is 5.73. The van der Waals surface area contributed by atoms with Crippen LogP contribution in [0.25, 0.3) is 11.1 Å². The summed E-state index contributed by atoms with van der Waals surface area (Å²) in [5.74, 6) is 0.838. The molecule has 0 spiro atoms. The van der Waals surface area contributed by atoms with Crippen molar-refractivity contribution < 1.29 is 27.8 Å². The highest BCUT2D eigenvalue weighted by Crippen LogP contribution is 2.47. The molecule has 1 N–H and O–H groups in total. The van der Waals surface area contributed by atoms with Crippen LogP contribution in [0.3, 0.4) is 0 Å². The smallest absolute Gasteiger partial charge is 0.307 e. The molecule has 3 aromatic rings. The third kappa shape index (κ3) is 6.21. The Kier molecular flexibility index (Phi) is 7.48. The maximum atomic E-state index is 11.4. The van der Waals surface area contributed by atoms with E-state index in [1.807, 2.05) is 30.3 Å². The summed E-state index contributed by atoms with van der Waals surface area (Å²) in [4.78, 5) is 11.1. The summed E-state index contributed by atoms with van der Waals surface area (Å²) in [6.45, 7) is 2.94. The summed E-state index contributed by atoms with van der Waals surface area (Å²) in [6.07, 6.45) is 5.47. The van der Waals surface area contributed by atoms with Gasteiger partial charge in [-0.15, -0.1) is 0 Å². The van der Waals surface area contributed by atoms with Crippen LogP contribution in [0.1, 0.15) is 53.0 Å². The number of aryl methyl sites for hydroxylation is 3. The van der Waals surface area contributed by atoms with Gasteiger partial charge in [-0.05, 0) is 114 Å². The van der Waals surface area contributed by atoms with Crippen molar-refractivity contribution in [2.24, 2.45) is 5.92 Å². The Bertz CT molecular complexity index is 1440. The van der Waals surface area contributed by atoms with Crippen molar-refractivity contribution in [2.45, 2.75) is 51.6 Å². The molecule has 0 aromatic heterocycles. The number of hydrogen-bond acceptors (Lipinski definition) is 5. The molecule has 7 heteroatoms. The fraction of sp³-hybridized carbons (Fsp3) is 0.387. The van der Waals surface area contributed by atoms with Crippen molar-refractivity contribution in [3.05, 3.63) is 82.4 Å². The van der Waals surface area contributed by atoms with E-state index in [0.29, 0.717) is 26.1 Å². The van der Waals surface area contributed by atoms with E-state index in [1.54, 1.807) is 0 Å². The molecule has 0 heterocycles. The average molecular weight is 535 g/mol. The van der Waals surface area contributed by atoms with E-state index in [2.05, 4.69) is 31.2 Å². The van der Waals surface area contributed by atoms with Crippen LogP contribution in [0, 0.1) is 12.8 Å². The zero-order chi connectivity index (χ0) is 26.9. The molecule has 0 saturated heterocycles. The van der Waals surface area contributed by atoms with Crippen LogP contribution in [0.4, 0.5) is 0 Å². The van der Waals surface area contributed by atoms with Crippen molar-refractivity contribution in [1.29, 1.82) is 0 Å². The Morgan fingerprint density at radius 3 is 2.45 bits per heavy atom. The normalized spacial score (nSPS) is 18.2. The highest BCUT2D eigenvalue weighted by Gasteiger charge is 2.44. The minimum Gasteiger partial charge on any atom is -0.494 e. The number of rotatable bonds is 10. The molecular formula is C31H34O6S. The first-order valence-corrected chi connectivity index (χ1v) is 15.3. The van der Waals surface area contributed by atoms with Crippen molar-refractivity contribution in [2.75, 3.05) is 18.6 Å². The lowest BCUT2D eigenvalue weighted by Gasteiger charge is -2.17. The van der Waals surface area contributed by atoms with Crippen LogP contribution in [0.2, 0.25) is 0 Å². The molecule has 3 aromatic carbocycles. The summed E-state index contributed by atoms with van der Waals surface area (Å²) in [6, 6.07) is 18.5. The maximum Gasteiger partial charge on any atom is 0.307 e. The number of carboxylic acids is 1. The molecule has 38 heavy (non-hydrogen) atoms. The maximum absolute atomic E-state index is 11.4. The Labute approximate surface area is 224 Å². The zero-order valence-corrected chi connectivity index (χ0v) is 22.7. The lowest BCUT2D eigenvalue weighted by molar-refractivity contribution is -0.138. The number of benzene rings is 3. The Hall–Kier alpha value is -3.32. The van der Waals surface area contributed by atoms with Crippen LogP contribution >= 0.6 is 0 Å². The molecule has 1 fully saturated rings. The zero-order valence-electron chi connectivity index (χ0n) is 21.9. The van der Waals surface area contributed by atoms with Crippen LogP contribution in [0.5, 0.6) is 11.5 Å². The first-order valence-electron chi connectivity index (χ1n) is 13.2. The summed E-state index contributed by atoms with van der Waals surface area (Å²) in [7, 11) is -2.98. The number of carboxylic acid groups (broad SMARTS) is 1. The summed E-state index contributed by atoms with van der Waals surface area (Å²) >= 11 is 0. The van der Waals surface area contributed by atoms with Crippen LogP contribution < -0.4 is 9.47 Å². The third-order valence-electron chi connectivity index (χ3n) is 7.48. The molecule has 2 aliphatic rings. The molecule has 1 saturated carbocycles. The molecule has 2 aliphatic carbocycles. The Balaban J connectivity index is 1.28. The summed E-state index contributed by atoms with van der Waals surface area (Å²) in [5, 5.41) is 9.16. The molecule has 0 aliphatic heterocycles. The Morgan fingerprint density at radius 1 is 0.974 bits per heavy atom. The lowest BCUT2D eigenvalue weighted by Crippen LogP contribution is -2.08. The van der Waals surface area contributed by atoms with Gasteiger partial charge in [0.1, 0.15) is 27.9 Å². The van der Waals surface area contributed by atoms with Gasteiger partial charge in [0.25, 0.3) is 0 Å². The number of sulfone groups is 1. The largest absolute Gasteiger partial charge is 0.494 e. The monoisotopic (exact) mass is 534 g/mol. The third-order valence-corrected chi connectivity index (χ3v) is 8.51. The average Bonchev–Trinajstić information content (AvgIpc) is 3.69. The van der Waals surface area contributed by atoms with Crippen molar-refractivity contribution in [3.63, 3.8) is 0 Å². The van der Waals surface area contributed by atoms with Crippen LogP contribution in [-0.4, -0.2) is 38.1 Å². The molecule has 2 atom stereocenters. The predicted molar refractivity (Wildman–Crippen MR) is 148 cm³/mol. The molecule has 0 amide bonds. The lowest BCUT2D eigenvalue weighted by atomic mass is 9.91. The van der Waals surface area contributed by atoms with Gasteiger partial charge in [-0.2, -0.15) is 0 Å². The fourth-order valence-electron chi connectivity index (χ4n) is 5.45. The highest BCUT2D eigenvalue weighted by atomic mass is 32.2. The quantitative estimate of drug-likeness (QED) is 0.334. The van der Waals surface area contributed by atoms with Gasteiger partial charge in [0, 0.05) is 6.26 Å². The van der Waals surface area contributed by atoms with E-state index in [0.717, 1.165) is 47.5 Å². The summed E-state index contributed by atoms with van der Waals surface area (Å²) in [5.41, 5.74) is 8.38. The van der Waals surface area contributed by atoms with Crippen molar-refractivity contribution in [1.82, 2.24) is 0 Å². The van der Waals surface area contributed by atoms with Crippen LogP contribution in [-0.2, 0) is 34.1 Å². The molecule has 200 valence electrons. The Morgan fingerprint density at radius 2 is 1.74 bits per heavy atom. The van der Waals surface area contributed by atoms with Gasteiger partial charge in [-0.3, -0.25) is 4.79 Å². The van der Waals surface area contributed by atoms with Crippen molar-refractivity contribution in [3.8, 4) is 22.6 Å². The van der Waals surface area contributed by atoms with E-state index >= 15 is 0 Å². The van der Waals surface area contributed by atoms with Crippen molar-refractivity contribution >= 4 is 15.8 Å². The second-order valence-corrected chi connectivity index (χ2v) is 12.9. The van der Waals surface area contributed by atoms with Gasteiger partial charge in [0.05, 0.1) is 18.3 Å². The number of aliphatic carboxylic acids is 1. The number of carbonyl (C=O) groups is 1. The number of fused-ring (bicyclic) bond motifs is 3. The molecular weight excluding hydrogens is 500 g/mol. The van der Waals surface area contributed by atoms with E-state index in [9.17, 15) is 13.2 Å². The molecule has 6 nitrogen and oxygen atoms in total. The molecule has 5 rings (SSSR count). The SMILES string of the molecule is Cc1cc(OCCCS(C)(=O)=O)cc2c1-c1cc(COc3ccc([C@H]4C[C@@H]4C(=O)O)cc3)ccc1CCC2. The molecule has 0 unspecified atom stereocenters.